The lowest BCUT2D eigenvalue weighted by atomic mass is 9.93. The van der Waals surface area contributed by atoms with Crippen molar-refractivity contribution in [3.8, 4) is 11.5 Å². The summed E-state index contributed by atoms with van der Waals surface area (Å²) in [5.41, 5.74) is 1.67. The monoisotopic (exact) mass is 367 g/mol. The van der Waals surface area contributed by atoms with E-state index in [0.29, 0.717) is 23.6 Å². The lowest BCUT2D eigenvalue weighted by molar-refractivity contribution is -0.119. The third-order valence-electron chi connectivity index (χ3n) is 4.52. The minimum absolute atomic E-state index is 0.205. The fraction of sp³-hybridized carbons (Fsp3) is 0.333. The van der Waals surface area contributed by atoms with Gasteiger partial charge in [0.25, 0.3) is 0 Å². The number of para-hydroxylation sites is 1. The summed E-state index contributed by atoms with van der Waals surface area (Å²) >= 11 is 0. The van der Waals surface area contributed by atoms with Crippen LogP contribution in [0.5, 0.6) is 11.5 Å². The Bertz CT molecular complexity index is 915. The molecule has 2 aliphatic rings. The van der Waals surface area contributed by atoms with Crippen molar-refractivity contribution in [3.63, 3.8) is 0 Å². The zero-order valence-electron chi connectivity index (χ0n) is 15.5. The molecule has 0 aliphatic carbocycles. The number of benzene rings is 2. The Morgan fingerprint density at radius 1 is 1.15 bits per heavy atom. The van der Waals surface area contributed by atoms with Crippen molar-refractivity contribution in [2.75, 3.05) is 11.7 Å². The van der Waals surface area contributed by atoms with Crippen LogP contribution in [0.3, 0.4) is 0 Å². The standard InChI is InChI=1S/C21H21NO5/c1-21(2,3)27-20(24)22-16-7-5-4-6-14(16)15(19(22)23)10-13-8-9-17-18(11-13)26-12-25-17/h4-9,11,15H,10,12H2,1-3H3/t15-/m1/s1. The fourth-order valence-electron chi connectivity index (χ4n) is 3.39. The van der Waals surface area contributed by atoms with Gasteiger partial charge in [-0.25, -0.2) is 9.69 Å². The lowest BCUT2D eigenvalue weighted by Crippen LogP contribution is -2.39. The zero-order valence-corrected chi connectivity index (χ0v) is 15.5. The number of nitrogens with zero attached hydrogens (tertiary/aromatic N) is 1. The molecule has 0 fully saturated rings. The van der Waals surface area contributed by atoms with Gasteiger partial charge >= 0.3 is 6.09 Å². The van der Waals surface area contributed by atoms with Gasteiger partial charge in [0.1, 0.15) is 5.60 Å². The molecule has 1 atom stereocenters. The molecule has 6 nitrogen and oxygen atoms in total. The molecule has 2 aromatic carbocycles. The molecule has 0 bridgehead atoms. The van der Waals surface area contributed by atoms with E-state index in [4.69, 9.17) is 14.2 Å². The Balaban J connectivity index is 1.64. The Hall–Kier alpha value is -3.02. The van der Waals surface area contributed by atoms with Crippen LogP contribution in [-0.4, -0.2) is 24.4 Å². The van der Waals surface area contributed by atoms with Crippen LogP contribution in [-0.2, 0) is 16.0 Å². The van der Waals surface area contributed by atoms with E-state index in [1.54, 1.807) is 26.8 Å². The maximum atomic E-state index is 13.1. The van der Waals surface area contributed by atoms with Crippen molar-refractivity contribution in [1.82, 2.24) is 0 Å². The van der Waals surface area contributed by atoms with Crippen LogP contribution in [0.15, 0.2) is 42.5 Å². The van der Waals surface area contributed by atoms with Crippen molar-refractivity contribution in [3.05, 3.63) is 53.6 Å². The first-order valence-electron chi connectivity index (χ1n) is 8.88. The molecule has 140 valence electrons. The summed E-state index contributed by atoms with van der Waals surface area (Å²) in [6, 6.07) is 13.0. The molecule has 0 spiro atoms. The number of rotatable bonds is 2. The molecule has 0 saturated heterocycles. The number of hydrogen-bond donors (Lipinski definition) is 0. The Morgan fingerprint density at radius 3 is 2.67 bits per heavy atom. The third-order valence-corrected chi connectivity index (χ3v) is 4.52. The molecule has 0 N–H and O–H groups in total. The molecule has 4 rings (SSSR count). The van der Waals surface area contributed by atoms with Crippen molar-refractivity contribution in [1.29, 1.82) is 0 Å². The third kappa shape index (κ3) is 3.23. The van der Waals surface area contributed by atoms with Gasteiger partial charge in [0.2, 0.25) is 12.7 Å². The first kappa shape index (κ1) is 17.4. The molecule has 2 heterocycles. The number of carbonyl (C=O) groups excluding carboxylic acids is 2. The number of amides is 2. The predicted octanol–water partition coefficient (Wildman–Crippen LogP) is 4.02. The minimum Gasteiger partial charge on any atom is -0.454 e. The minimum atomic E-state index is -0.679. The number of hydrogen-bond acceptors (Lipinski definition) is 5. The first-order valence-corrected chi connectivity index (χ1v) is 8.88. The second-order valence-electron chi connectivity index (χ2n) is 7.66. The van der Waals surface area contributed by atoms with Crippen LogP contribution in [0.2, 0.25) is 0 Å². The quantitative estimate of drug-likeness (QED) is 0.802. The summed E-state index contributed by atoms with van der Waals surface area (Å²) in [5.74, 6) is 0.653. The first-order chi connectivity index (χ1) is 12.8. The van der Waals surface area contributed by atoms with E-state index >= 15 is 0 Å². The van der Waals surface area contributed by atoms with E-state index in [1.807, 2.05) is 36.4 Å². The molecule has 0 saturated carbocycles. The average molecular weight is 367 g/mol. The van der Waals surface area contributed by atoms with Gasteiger partial charge in [0.05, 0.1) is 11.6 Å². The molecule has 2 aliphatic heterocycles. The van der Waals surface area contributed by atoms with Gasteiger partial charge in [-0.05, 0) is 56.5 Å². The van der Waals surface area contributed by atoms with Crippen molar-refractivity contribution < 1.29 is 23.8 Å². The molecule has 27 heavy (non-hydrogen) atoms. The van der Waals surface area contributed by atoms with Crippen LogP contribution in [0.25, 0.3) is 0 Å². The van der Waals surface area contributed by atoms with Crippen LogP contribution in [0.4, 0.5) is 10.5 Å². The van der Waals surface area contributed by atoms with E-state index in [2.05, 4.69) is 0 Å². The van der Waals surface area contributed by atoms with E-state index in [1.165, 1.54) is 0 Å². The maximum absolute atomic E-state index is 13.1. The molecular formula is C21H21NO5. The average Bonchev–Trinajstić information content (AvgIpc) is 3.16. The highest BCUT2D eigenvalue weighted by molar-refractivity contribution is 6.19. The van der Waals surface area contributed by atoms with E-state index < -0.39 is 17.6 Å². The smallest absolute Gasteiger partial charge is 0.421 e. The highest BCUT2D eigenvalue weighted by Gasteiger charge is 2.42. The number of fused-ring (bicyclic) bond motifs is 2. The maximum Gasteiger partial charge on any atom is 0.421 e. The molecule has 6 heteroatoms. The van der Waals surface area contributed by atoms with Gasteiger partial charge in [-0.15, -0.1) is 0 Å². The summed E-state index contributed by atoms with van der Waals surface area (Å²) in [7, 11) is 0. The Morgan fingerprint density at radius 2 is 1.89 bits per heavy atom. The van der Waals surface area contributed by atoms with E-state index in [-0.39, 0.29) is 12.7 Å². The largest absolute Gasteiger partial charge is 0.454 e. The number of ether oxygens (including phenoxy) is 3. The van der Waals surface area contributed by atoms with Crippen LogP contribution < -0.4 is 14.4 Å². The highest BCUT2D eigenvalue weighted by atomic mass is 16.7. The molecular weight excluding hydrogens is 346 g/mol. The van der Waals surface area contributed by atoms with Gasteiger partial charge in [0.15, 0.2) is 11.5 Å². The summed E-state index contributed by atoms with van der Waals surface area (Å²) in [5, 5.41) is 0. The Labute approximate surface area is 157 Å². The molecule has 0 unspecified atom stereocenters. The summed E-state index contributed by atoms with van der Waals surface area (Å²) in [4.78, 5) is 26.9. The number of anilines is 1. The summed E-state index contributed by atoms with van der Waals surface area (Å²) < 4.78 is 16.2. The Kier molecular flexibility index (Phi) is 4.06. The fourth-order valence-corrected chi connectivity index (χ4v) is 3.39. The van der Waals surface area contributed by atoms with Crippen LogP contribution >= 0.6 is 0 Å². The van der Waals surface area contributed by atoms with Gasteiger partial charge in [-0.2, -0.15) is 0 Å². The van der Waals surface area contributed by atoms with Gasteiger partial charge in [0, 0.05) is 0 Å². The SMILES string of the molecule is CC(C)(C)OC(=O)N1C(=O)[C@H](Cc2ccc3c(c2)OCO3)c2ccccc21. The summed E-state index contributed by atoms with van der Waals surface area (Å²) in [6.07, 6.45) is -0.181. The van der Waals surface area contributed by atoms with Crippen molar-refractivity contribution >= 4 is 17.7 Å². The second-order valence-corrected chi connectivity index (χ2v) is 7.66. The van der Waals surface area contributed by atoms with Crippen LogP contribution in [0.1, 0.15) is 37.8 Å². The molecule has 2 amide bonds. The normalized spacial score (nSPS) is 17.8. The second kappa shape index (κ2) is 6.30. The number of carbonyl (C=O) groups is 2. The van der Waals surface area contributed by atoms with Crippen molar-refractivity contribution in [2.24, 2.45) is 0 Å². The van der Waals surface area contributed by atoms with Crippen LogP contribution in [0, 0.1) is 0 Å². The molecule has 0 radical (unpaired) electrons. The predicted molar refractivity (Wildman–Crippen MR) is 99.2 cm³/mol. The molecule has 2 aromatic rings. The van der Waals surface area contributed by atoms with E-state index in [9.17, 15) is 9.59 Å². The molecule has 0 aromatic heterocycles. The van der Waals surface area contributed by atoms with Gasteiger partial charge in [-0.1, -0.05) is 24.3 Å². The highest BCUT2D eigenvalue weighted by Crippen LogP contribution is 2.41. The summed E-state index contributed by atoms with van der Waals surface area (Å²) in [6.45, 7) is 5.54. The van der Waals surface area contributed by atoms with Crippen molar-refractivity contribution in [2.45, 2.75) is 38.7 Å². The topological polar surface area (TPSA) is 65.1 Å². The van der Waals surface area contributed by atoms with Gasteiger partial charge < -0.3 is 14.2 Å². The number of imide groups is 1. The lowest BCUT2D eigenvalue weighted by Gasteiger charge is -2.24. The zero-order chi connectivity index (χ0) is 19.2. The van der Waals surface area contributed by atoms with E-state index in [0.717, 1.165) is 16.0 Å². The van der Waals surface area contributed by atoms with Gasteiger partial charge in [-0.3, -0.25) is 4.79 Å².